The van der Waals surface area contributed by atoms with Gasteiger partial charge in [-0.05, 0) is 29.8 Å². The van der Waals surface area contributed by atoms with Crippen molar-refractivity contribution in [1.29, 1.82) is 0 Å². The molecule has 0 atom stereocenters. The number of benzene rings is 2. The predicted octanol–water partition coefficient (Wildman–Crippen LogP) is 3.01. The summed E-state index contributed by atoms with van der Waals surface area (Å²) in [5.41, 5.74) is 2.88. The van der Waals surface area contributed by atoms with E-state index in [-0.39, 0.29) is 5.56 Å². The Morgan fingerprint density at radius 2 is 1.72 bits per heavy atom. The smallest absolute Gasteiger partial charge is 0.274 e. The first kappa shape index (κ1) is 20.5. The van der Waals surface area contributed by atoms with E-state index in [2.05, 4.69) is 54.4 Å². The lowest BCUT2D eigenvalue weighted by atomic mass is 10.2. The van der Waals surface area contributed by atoms with Gasteiger partial charge in [-0.3, -0.25) is 14.8 Å². The number of anilines is 2. The van der Waals surface area contributed by atoms with Crippen molar-refractivity contribution in [2.75, 3.05) is 36.4 Å². The lowest BCUT2D eigenvalue weighted by Crippen LogP contribution is -2.46. The summed E-state index contributed by atoms with van der Waals surface area (Å²) < 4.78 is 1.36. The lowest BCUT2D eigenvalue weighted by molar-refractivity contribution is 0.247. The van der Waals surface area contributed by atoms with Crippen LogP contribution in [0.4, 0.5) is 11.6 Å². The van der Waals surface area contributed by atoms with Gasteiger partial charge in [-0.15, -0.1) is 0 Å². The van der Waals surface area contributed by atoms with E-state index >= 15 is 0 Å². The number of hydrogen-bond donors (Lipinski definition) is 2. The zero-order chi connectivity index (χ0) is 21.9. The standard InChI is InChI=1S/C23H24ClN7O/c24-18-8-6-17(7-9-18)15-25-22-27-23-26-19(14-21(32)31(23)28-22)16-29-10-12-30(13-11-29)20-4-2-1-3-5-20/h1-9,14H,10-13,15-16H2,(H2,25,26,27,28). The first-order chi connectivity index (χ1) is 15.6. The number of fused-ring (bicyclic) bond motifs is 1. The van der Waals surface area contributed by atoms with E-state index in [0.717, 1.165) is 37.4 Å². The number of para-hydroxylation sites is 1. The molecule has 4 aromatic rings. The van der Waals surface area contributed by atoms with Crippen LogP contribution < -0.4 is 15.8 Å². The molecule has 1 saturated heterocycles. The Hall–Kier alpha value is -3.36. The lowest BCUT2D eigenvalue weighted by Gasteiger charge is -2.35. The first-order valence-electron chi connectivity index (χ1n) is 10.6. The summed E-state index contributed by atoms with van der Waals surface area (Å²) in [5, 5.41) is 6.86. The van der Waals surface area contributed by atoms with Crippen molar-refractivity contribution in [3.63, 3.8) is 0 Å². The third-order valence-corrected chi connectivity index (χ3v) is 5.89. The van der Waals surface area contributed by atoms with E-state index in [0.29, 0.717) is 29.8 Å². The van der Waals surface area contributed by atoms with Crippen molar-refractivity contribution in [3.8, 4) is 0 Å². The number of nitrogens with one attached hydrogen (secondary N) is 2. The van der Waals surface area contributed by atoms with Crippen molar-refractivity contribution in [1.82, 2.24) is 24.5 Å². The van der Waals surface area contributed by atoms with Crippen LogP contribution in [0.15, 0.2) is 65.5 Å². The molecule has 0 aliphatic carbocycles. The Balaban J connectivity index is 1.23. The van der Waals surface area contributed by atoms with E-state index in [1.165, 1.54) is 10.2 Å². The van der Waals surface area contributed by atoms with Crippen LogP contribution in [-0.2, 0) is 13.1 Å². The minimum atomic E-state index is -0.167. The Bertz CT molecular complexity index is 1250. The number of nitrogens with zero attached hydrogens (tertiary/aromatic N) is 5. The third kappa shape index (κ3) is 4.61. The summed E-state index contributed by atoms with van der Waals surface area (Å²) in [6.45, 7) is 4.94. The fourth-order valence-electron chi connectivity index (χ4n) is 3.91. The zero-order valence-corrected chi connectivity index (χ0v) is 18.3. The molecule has 9 heteroatoms. The van der Waals surface area contributed by atoms with Gasteiger partial charge in [0.05, 0.1) is 5.69 Å². The molecule has 1 aliphatic rings. The molecule has 0 spiro atoms. The van der Waals surface area contributed by atoms with Crippen LogP contribution in [0.1, 0.15) is 11.3 Å². The molecule has 2 aromatic carbocycles. The molecular formula is C23H24ClN7O. The van der Waals surface area contributed by atoms with Crippen LogP contribution in [0.5, 0.6) is 0 Å². The largest absolute Gasteiger partial charge is 0.369 e. The Labute approximate surface area is 190 Å². The van der Waals surface area contributed by atoms with E-state index in [1.54, 1.807) is 6.07 Å². The molecule has 0 unspecified atom stereocenters. The van der Waals surface area contributed by atoms with Crippen molar-refractivity contribution in [2.24, 2.45) is 0 Å². The molecule has 5 rings (SSSR count). The average Bonchev–Trinajstić information content (AvgIpc) is 3.23. The summed E-state index contributed by atoms with van der Waals surface area (Å²) in [6.07, 6.45) is 0. The van der Waals surface area contributed by atoms with Gasteiger partial charge in [0.1, 0.15) is 0 Å². The van der Waals surface area contributed by atoms with Crippen LogP contribution in [0.25, 0.3) is 5.78 Å². The van der Waals surface area contributed by atoms with Crippen LogP contribution in [-0.4, -0.2) is 50.7 Å². The molecule has 1 aliphatic heterocycles. The number of H-pyrrole nitrogens is 1. The van der Waals surface area contributed by atoms with E-state index < -0.39 is 0 Å². The van der Waals surface area contributed by atoms with Gasteiger partial charge >= 0.3 is 0 Å². The molecule has 0 radical (unpaired) electrons. The highest BCUT2D eigenvalue weighted by Gasteiger charge is 2.18. The minimum Gasteiger partial charge on any atom is -0.369 e. The van der Waals surface area contributed by atoms with Crippen molar-refractivity contribution in [3.05, 3.63) is 87.3 Å². The zero-order valence-electron chi connectivity index (χ0n) is 17.5. The van der Waals surface area contributed by atoms with Crippen molar-refractivity contribution in [2.45, 2.75) is 13.1 Å². The third-order valence-electron chi connectivity index (χ3n) is 5.64. The molecule has 0 bridgehead atoms. The molecule has 2 aromatic heterocycles. The van der Waals surface area contributed by atoms with Crippen LogP contribution >= 0.6 is 11.6 Å². The molecule has 1 fully saturated rings. The van der Waals surface area contributed by atoms with Crippen molar-refractivity contribution >= 4 is 29.0 Å². The maximum absolute atomic E-state index is 12.6. The summed E-state index contributed by atoms with van der Waals surface area (Å²) in [7, 11) is 0. The average molecular weight is 450 g/mol. The van der Waals surface area contributed by atoms with Gasteiger partial charge in [0.15, 0.2) is 0 Å². The van der Waals surface area contributed by atoms with Gasteiger partial charge in [-0.2, -0.15) is 9.50 Å². The molecule has 164 valence electrons. The SMILES string of the molecule is O=c1cc(CN2CCN(c3ccccc3)CC2)nc2nc(NCc3ccc(Cl)cc3)[nH]n12. The molecule has 3 heterocycles. The first-order valence-corrected chi connectivity index (χ1v) is 11.0. The summed E-state index contributed by atoms with van der Waals surface area (Å²) in [4.78, 5) is 26.3. The van der Waals surface area contributed by atoms with E-state index in [1.807, 2.05) is 30.3 Å². The van der Waals surface area contributed by atoms with Gasteiger partial charge in [0.2, 0.25) is 5.95 Å². The number of halogens is 1. The van der Waals surface area contributed by atoms with Crippen LogP contribution in [0.3, 0.4) is 0 Å². The summed E-state index contributed by atoms with van der Waals surface area (Å²) >= 11 is 5.93. The quantitative estimate of drug-likeness (QED) is 0.471. The summed E-state index contributed by atoms with van der Waals surface area (Å²) in [5.74, 6) is 0.868. The molecule has 2 N–H and O–H groups in total. The maximum atomic E-state index is 12.6. The van der Waals surface area contributed by atoms with Gasteiger partial charge in [-0.1, -0.05) is 41.9 Å². The molecule has 8 nitrogen and oxygen atoms in total. The normalized spacial score (nSPS) is 14.7. The second kappa shape index (κ2) is 9.02. The Morgan fingerprint density at radius 3 is 2.47 bits per heavy atom. The van der Waals surface area contributed by atoms with E-state index in [4.69, 9.17) is 11.6 Å². The topological polar surface area (TPSA) is 81.6 Å². The number of aromatic nitrogens is 4. The molecule has 0 saturated carbocycles. The number of hydrogen-bond acceptors (Lipinski definition) is 6. The van der Waals surface area contributed by atoms with Gasteiger partial charge in [-0.25, -0.2) is 4.98 Å². The number of piperazine rings is 1. The highest BCUT2D eigenvalue weighted by atomic mass is 35.5. The fourth-order valence-corrected chi connectivity index (χ4v) is 4.03. The Morgan fingerprint density at radius 1 is 0.969 bits per heavy atom. The minimum absolute atomic E-state index is 0.167. The second-order valence-electron chi connectivity index (χ2n) is 7.87. The molecule has 0 amide bonds. The molecular weight excluding hydrogens is 426 g/mol. The van der Waals surface area contributed by atoms with Gasteiger partial charge in [0.25, 0.3) is 11.3 Å². The maximum Gasteiger partial charge on any atom is 0.274 e. The number of rotatable bonds is 6. The second-order valence-corrected chi connectivity index (χ2v) is 8.31. The van der Waals surface area contributed by atoms with Crippen LogP contribution in [0.2, 0.25) is 5.02 Å². The summed E-state index contributed by atoms with van der Waals surface area (Å²) in [6, 6.07) is 19.6. The predicted molar refractivity (Wildman–Crippen MR) is 126 cm³/mol. The highest BCUT2D eigenvalue weighted by Crippen LogP contribution is 2.16. The van der Waals surface area contributed by atoms with Crippen LogP contribution in [0, 0.1) is 0 Å². The number of aromatic amines is 1. The van der Waals surface area contributed by atoms with Gasteiger partial charge in [0, 0.05) is 56.0 Å². The fraction of sp³-hybridized carbons (Fsp3) is 0.261. The molecule has 32 heavy (non-hydrogen) atoms. The monoisotopic (exact) mass is 449 g/mol. The van der Waals surface area contributed by atoms with Gasteiger partial charge < -0.3 is 10.2 Å². The van der Waals surface area contributed by atoms with E-state index in [9.17, 15) is 4.79 Å². The highest BCUT2D eigenvalue weighted by molar-refractivity contribution is 6.30. The van der Waals surface area contributed by atoms with Crippen molar-refractivity contribution < 1.29 is 0 Å². The Kier molecular flexibility index (Phi) is 5.79.